The first-order valence-electron chi connectivity index (χ1n) is 7.57. The smallest absolute Gasteiger partial charge is 0.280 e. The number of hydrogen-bond acceptors (Lipinski definition) is 4. The summed E-state index contributed by atoms with van der Waals surface area (Å²) in [6.07, 6.45) is 2.86. The van der Waals surface area contributed by atoms with Crippen molar-refractivity contribution in [3.8, 4) is 0 Å². The largest absolute Gasteiger partial charge is 0.386 e. The first kappa shape index (κ1) is 16.7. The van der Waals surface area contributed by atoms with E-state index in [4.69, 9.17) is 11.1 Å². The molecule has 2 rings (SSSR count). The van der Waals surface area contributed by atoms with Crippen molar-refractivity contribution in [3.63, 3.8) is 0 Å². The molecule has 7 nitrogen and oxygen atoms in total. The molecule has 0 atom stereocenters. The molecule has 0 saturated carbocycles. The highest BCUT2D eigenvalue weighted by Crippen LogP contribution is 2.25. The van der Waals surface area contributed by atoms with Gasteiger partial charge in [-0.3, -0.25) is 5.41 Å². The van der Waals surface area contributed by atoms with E-state index in [1.54, 1.807) is 0 Å². The van der Waals surface area contributed by atoms with Crippen molar-refractivity contribution in [1.82, 2.24) is 13.9 Å². The Morgan fingerprint density at radius 1 is 1.24 bits per heavy atom. The van der Waals surface area contributed by atoms with Gasteiger partial charge in [-0.25, -0.2) is 0 Å². The zero-order valence-corrected chi connectivity index (χ0v) is 13.7. The summed E-state index contributed by atoms with van der Waals surface area (Å²) in [7, 11) is -1.59. The second kappa shape index (κ2) is 6.20. The highest BCUT2D eigenvalue weighted by molar-refractivity contribution is 7.87. The SMILES string of the molecule is CC1CCN(S(=O)(=O)NC2(C(=N)N)CCN(C)CC2)CC1. The second-order valence-corrected chi connectivity index (χ2v) is 8.16. The van der Waals surface area contributed by atoms with E-state index in [2.05, 4.69) is 16.5 Å². The van der Waals surface area contributed by atoms with Gasteiger partial charge in [0.05, 0.1) is 5.54 Å². The molecule has 0 aromatic rings. The molecule has 0 amide bonds. The Hall–Kier alpha value is -0.700. The molecular weight excluding hydrogens is 290 g/mol. The Balaban J connectivity index is 2.11. The number of rotatable bonds is 4. The maximum atomic E-state index is 12.6. The van der Waals surface area contributed by atoms with Crippen LogP contribution in [0.3, 0.4) is 0 Å². The summed E-state index contributed by atoms with van der Waals surface area (Å²) in [6, 6.07) is 0. The maximum absolute atomic E-state index is 12.6. The second-order valence-electron chi connectivity index (χ2n) is 6.49. The Morgan fingerprint density at radius 2 is 1.76 bits per heavy atom. The van der Waals surface area contributed by atoms with Crippen LogP contribution in [0.25, 0.3) is 0 Å². The molecule has 2 saturated heterocycles. The fourth-order valence-electron chi connectivity index (χ4n) is 2.96. The summed E-state index contributed by atoms with van der Waals surface area (Å²) in [6.45, 7) is 4.71. The van der Waals surface area contributed by atoms with E-state index in [9.17, 15) is 8.42 Å². The van der Waals surface area contributed by atoms with E-state index in [0.717, 1.165) is 25.9 Å². The van der Waals surface area contributed by atoms with Gasteiger partial charge in [-0.05, 0) is 38.6 Å². The van der Waals surface area contributed by atoms with Crippen LogP contribution in [-0.4, -0.2) is 62.2 Å². The molecule has 2 heterocycles. The van der Waals surface area contributed by atoms with Gasteiger partial charge in [0.25, 0.3) is 10.2 Å². The first-order valence-corrected chi connectivity index (χ1v) is 9.01. The van der Waals surface area contributed by atoms with Crippen molar-refractivity contribution >= 4 is 16.0 Å². The van der Waals surface area contributed by atoms with Crippen LogP contribution in [0, 0.1) is 11.3 Å². The number of nitrogens with two attached hydrogens (primary N) is 1. The lowest BCUT2D eigenvalue weighted by Gasteiger charge is -2.41. The lowest BCUT2D eigenvalue weighted by atomic mass is 9.88. The number of amidine groups is 1. The van der Waals surface area contributed by atoms with Gasteiger partial charge < -0.3 is 10.6 Å². The van der Waals surface area contributed by atoms with E-state index >= 15 is 0 Å². The van der Waals surface area contributed by atoms with Gasteiger partial charge in [-0.2, -0.15) is 17.4 Å². The Labute approximate surface area is 127 Å². The third-order valence-corrected chi connectivity index (χ3v) is 6.46. The topological polar surface area (TPSA) is 103 Å². The van der Waals surface area contributed by atoms with E-state index in [1.165, 1.54) is 4.31 Å². The number of nitrogens with zero attached hydrogens (tertiary/aromatic N) is 2. The van der Waals surface area contributed by atoms with Crippen LogP contribution in [-0.2, 0) is 10.2 Å². The van der Waals surface area contributed by atoms with Crippen LogP contribution in [0.2, 0.25) is 0 Å². The Kier molecular flexibility index (Phi) is 4.92. The Bertz CT molecular complexity index is 477. The van der Waals surface area contributed by atoms with Gasteiger partial charge in [0.2, 0.25) is 0 Å². The quantitative estimate of drug-likeness (QED) is 0.500. The molecule has 4 N–H and O–H groups in total. The molecule has 0 aliphatic carbocycles. The molecule has 2 aliphatic rings. The lowest BCUT2D eigenvalue weighted by molar-refractivity contribution is 0.213. The van der Waals surface area contributed by atoms with Crippen molar-refractivity contribution in [3.05, 3.63) is 0 Å². The molecule has 21 heavy (non-hydrogen) atoms. The van der Waals surface area contributed by atoms with Crippen LogP contribution in [0.5, 0.6) is 0 Å². The van der Waals surface area contributed by atoms with Crippen molar-refractivity contribution in [2.45, 2.75) is 38.1 Å². The predicted molar refractivity (Wildman–Crippen MR) is 83.4 cm³/mol. The van der Waals surface area contributed by atoms with Crippen LogP contribution >= 0.6 is 0 Å². The van der Waals surface area contributed by atoms with E-state index < -0.39 is 15.7 Å². The van der Waals surface area contributed by atoms with Crippen molar-refractivity contribution < 1.29 is 8.42 Å². The van der Waals surface area contributed by atoms with E-state index in [1.807, 2.05) is 7.05 Å². The molecule has 0 unspecified atom stereocenters. The third kappa shape index (κ3) is 3.74. The molecule has 2 aliphatic heterocycles. The molecule has 0 spiro atoms. The molecule has 0 aromatic heterocycles. The molecule has 0 bridgehead atoms. The summed E-state index contributed by atoms with van der Waals surface area (Å²) < 4.78 is 29.4. The lowest BCUT2D eigenvalue weighted by Crippen LogP contribution is -2.64. The minimum absolute atomic E-state index is 0.0791. The first-order chi connectivity index (χ1) is 9.75. The van der Waals surface area contributed by atoms with Gasteiger partial charge >= 0.3 is 0 Å². The van der Waals surface area contributed by atoms with Gasteiger partial charge in [-0.1, -0.05) is 6.92 Å². The molecule has 2 fully saturated rings. The third-order valence-electron chi connectivity index (χ3n) is 4.76. The summed E-state index contributed by atoms with van der Waals surface area (Å²) in [5.74, 6) is 0.492. The van der Waals surface area contributed by atoms with Gasteiger partial charge in [-0.15, -0.1) is 0 Å². The minimum Gasteiger partial charge on any atom is -0.386 e. The number of piperidine rings is 2. The standard InChI is InChI=1S/C13H27N5O2S/c1-11-3-7-18(8-4-11)21(19,20)16-13(12(14)15)5-9-17(2)10-6-13/h11,16H,3-10H2,1-2H3,(H3,14,15). The average Bonchev–Trinajstić information content (AvgIpc) is 2.41. The molecule has 122 valence electrons. The van der Waals surface area contributed by atoms with Gasteiger partial charge in [0.1, 0.15) is 5.84 Å². The van der Waals surface area contributed by atoms with Gasteiger partial charge in [0.15, 0.2) is 0 Å². The monoisotopic (exact) mass is 317 g/mol. The highest BCUT2D eigenvalue weighted by Gasteiger charge is 2.42. The number of hydrogen-bond donors (Lipinski definition) is 3. The molecular formula is C13H27N5O2S. The van der Waals surface area contributed by atoms with Crippen molar-refractivity contribution in [2.75, 3.05) is 33.2 Å². The maximum Gasteiger partial charge on any atom is 0.280 e. The Morgan fingerprint density at radius 3 is 2.24 bits per heavy atom. The zero-order valence-electron chi connectivity index (χ0n) is 12.9. The molecule has 8 heteroatoms. The van der Waals surface area contributed by atoms with Crippen LogP contribution in [0.4, 0.5) is 0 Å². The number of likely N-dealkylation sites (tertiary alicyclic amines) is 1. The normalized spacial score (nSPS) is 25.8. The fourth-order valence-corrected chi connectivity index (χ4v) is 4.59. The van der Waals surface area contributed by atoms with Crippen LogP contribution in [0.1, 0.15) is 32.6 Å². The minimum atomic E-state index is -3.58. The highest BCUT2D eigenvalue weighted by atomic mass is 32.2. The van der Waals surface area contributed by atoms with Crippen LogP contribution in [0.15, 0.2) is 0 Å². The van der Waals surface area contributed by atoms with Crippen molar-refractivity contribution in [2.24, 2.45) is 11.7 Å². The summed E-state index contributed by atoms with van der Waals surface area (Å²) in [5.41, 5.74) is 4.80. The summed E-state index contributed by atoms with van der Waals surface area (Å²) in [4.78, 5) is 2.12. The average molecular weight is 317 g/mol. The summed E-state index contributed by atoms with van der Waals surface area (Å²) >= 11 is 0. The fraction of sp³-hybridized carbons (Fsp3) is 0.923. The predicted octanol–water partition coefficient (Wildman–Crippen LogP) is -0.0469. The van der Waals surface area contributed by atoms with Gasteiger partial charge in [0, 0.05) is 26.2 Å². The summed E-state index contributed by atoms with van der Waals surface area (Å²) in [5, 5.41) is 7.84. The zero-order chi connectivity index (χ0) is 15.7. The molecule has 0 radical (unpaired) electrons. The van der Waals surface area contributed by atoms with Crippen molar-refractivity contribution in [1.29, 1.82) is 5.41 Å². The van der Waals surface area contributed by atoms with E-state index in [-0.39, 0.29) is 5.84 Å². The molecule has 0 aromatic carbocycles. The van der Waals surface area contributed by atoms with Crippen LogP contribution < -0.4 is 10.5 Å². The van der Waals surface area contributed by atoms with E-state index in [0.29, 0.717) is 31.8 Å². The number of nitrogens with one attached hydrogen (secondary N) is 2.